The highest BCUT2D eigenvalue weighted by molar-refractivity contribution is 7.20. The first-order valence-electron chi connectivity index (χ1n) is 13.6. The Kier molecular flexibility index (Phi) is 9.67. The maximum Gasteiger partial charge on any atom is 0.337 e. The molecule has 9 heteroatoms. The number of carbonyl (C=O) groups is 2. The minimum atomic E-state index is -0.413. The number of esters is 1. The second-order valence-electron chi connectivity index (χ2n) is 9.84. The van der Waals surface area contributed by atoms with Crippen molar-refractivity contribution < 1.29 is 19.1 Å². The number of thiazole rings is 1. The molecule has 5 rings (SSSR count). The van der Waals surface area contributed by atoms with Gasteiger partial charge in [-0.25, -0.2) is 14.6 Å². The van der Waals surface area contributed by atoms with Crippen LogP contribution in [0, 0.1) is 0 Å². The zero-order chi connectivity index (χ0) is 28.6. The number of benzene rings is 3. The van der Waals surface area contributed by atoms with Gasteiger partial charge in [-0.05, 0) is 42.5 Å². The molecular formula is C32H32ClN3O4S. The molecule has 1 aromatic heterocycles. The number of carbonyl (C=O) groups excluding carboxylic acids is 2. The molecule has 2 heterocycles. The van der Waals surface area contributed by atoms with Crippen LogP contribution < -0.4 is 5.32 Å². The quantitative estimate of drug-likeness (QED) is 0.205. The first-order chi connectivity index (χ1) is 20.0. The van der Waals surface area contributed by atoms with E-state index in [2.05, 4.69) is 58.8 Å². The van der Waals surface area contributed by atoms with Gasteiger partial charge in [-0.1, -0.05) is 95.7 Å². The van der Waals surface area contributed by atoms with Crippen molar-refractivity contribution in [1.82, 2.24) is 9.88 Å². The van der Waals surface area contributed by atoms with Gasteiger partial charge in [0, 0.05) is 37.3 Å². The molecule has 0 spiro atoms. The molecule has 1 aliphatic rings. The van der Waals surface area contributed by atoms with Crippen LogP contribution in [0.2, 0.25) is 4.34 Å². The summed E-state index contributed by atoms with van der Waals surface area (Å²) < 4.78 is 10.8. The SMILES string of the molecule is COC(=O)c1ccc(-c2nc(NC(=O)N(CCC(c3ccccc3)c3ccccc3)C3CCOCC3)sc2Cl)cc1. The molecule has 212 valence electrons. The van der Waals surface area contributed by atoms with E-state index in [4.69, 9.17) is 21.1 Å². The highest BCUT2D eigenvalue weighted by atomic mass is 35.5. The Balaban J connectivity index is 1.34. The molecule has 4 aromatic rings. The number of halogens is 1. The van der Waals surface area contributed by atoms with Gasteiger partial charge in [0.15, 0.2) is 5.13 Å². The van der Waals surface area contributed by atoms with E-state index < -0.39 is 5.97 Å². The molecule has 2 amide bonds. The molecule has 0 atom stereocenters. The van der Waals surface area contributed by atoms with Crippen molar-refractivity contribution in [2.24, 2.45) is 0 Å². The fraction of sp³-hybridized carbons (Fsp3) is 0.281. The average Bonchev–Trinajstić information content (AvgIpc) is 3.39. The van der Waals surface area contributed by atoms with Gasteiger partial charge >= 0.3 is 12.0 Å². The van der Waals surface area contributed by atoms with Crippen molar-refractivity contribution in [2.45, 2.75) is 31.2 Å². The molecule has 0 unspecified atom stereocenters. The summed E-state index contributed by atoms with van der Waals surface area (Å²) >= 11 is 7.76. The summed E-state index contributed by atoms with van der Waals surface area (Å²) in [4.78, 5) is 32.1. The first kappa shape index (κ1) is 28.8. The summed E-state index contributed by atoms with van der Waals surface area (Å²) in [6, 6.07) is 27.6. The number of anilines is 1. The Labute approximate surface area is 249 Å². The highest BCUT2D eigenvalue weighted by Gasteiger charge is 2.28. The van der Waals surface area contributed by atoms with Crippen molar-refractivity contribution >= 4 is 40.1 Å². The number of amides is 2. The molecule has 1 fully saturated rings. The van der Waals surface area contributed by atoms with E-state index in [1.807, 2.05) is 17.0 Å². The molecule has 0 saturated carbocycles. The van der Waals surface area contributed by atoms with Gasteiger partial charge in [-0.3, -0.25) is 5.32 Å². The van der Waals surface area contributed by atoms with Gasteiger partial charge in [-0.15, -0.1) is 0 Å². The third-order valence-corrected chi connectivity index (χ3v) is 8.50. The van der Waals surface area contributed by atoms with E-state index in [0.717, 1.165) is 24.8 Å². The number of nitrogens with zero attached hydrogens (tertiary/aromatic N) is 2. The maximum atomic E-state index is 13.8. The minimum Gasteiger partial charge on any atom is -0.465 e. The van der Waals surface area contributed by atoms with Crippen LogP contribution in [0.3, 0.4) is 0 Å². The van der Waals surface area contributed by atoms with Gasteiger partial charge in [-0.2, -0.15) is 0 Å². The average molecular weight is 590 g/mol. The van der Waals surface area contributed by atoms with E-state index in [-0.39, 0.29) is 18.0 Å². The van der Waals surface area contributed by atoms with Crippen LogP contribution >= 0.6 is 22.9 Å². The van der Waals surface area contributed by atoms with E-state index in [9.17, 15) is 9.59 Å². The third-order valence-electron chi connectivity index (χ3n) is 7.33. The molecule has 0 radical (unpaired) electrons. The first-order valence-corrected chi connectivity index (χ1v) is 14.8. The molecule has 7 nitrogen and oxygen atoms in total. The van der Waals surface area contributed by atoms with E-state index in [1.165, 1.54) is 29.6 Å². The van der Waals surface area contributed by atoms with Crippen molar-refractivity contribution in [3.05, 3.63) is 106 Å². The van der Waals surface area contributed by atoms with Crippen LogP contribution in [-0.4, -0.2) is 54.8 Å². The van der Waals surface area contributed by atoms with Crippen molar-refractivity contribution in [3.8, 4) is 11.3 Å². The molecule has 0 aliphatic carbocycles. The number of nitrogens with one attached hydrogen (secondary N) is 1. The largest absolute Gasteiger partial charge is 0.465 e. The Hall–Kier alpha value is -3.72. The lowest BCUT2D eigenvalue weighted by Gasteiger charge is -2.35. The highest BCUT2D eigenvalue weighted by Crippen LogP contribution is 2.36. The van der Waals surface area contributed by atoms with Gasteiger partial charge in [0.1, 0.15) is 10.0 Å². The zero-order valence-corrected chi connectivity index (χ0v) is 24.4. The summed E-state index contributed by atoms with van der Waals surface area (Å²) in [5, 5.41) is 3.43. The summed E-state index contributed by atoms with van der Waals surface area (Å²) in [6.07, 6.45) is 2.34. The number of rotatable bonds is 9. The Morgan fingerprint density at radius 1 is 1.00 bits per heavy atom. The van der Waals surface area contributed by atoms with Gasteiger partial charge in [0.25, 0.3) is 0 Å². The lowest BCUT2D eigenvalue weighted by Crippen LogP contribution is -2.46. The molecule has 41 heavy (non-hydrogen) atoms. The second kappa shape index (κ2) is 13.8. The van der Waals surface area contributed by atoms with Crippen LogP contribution in [0.25, 0.3) is 11.3 Å². The lowest BCUT2D eigenvalue weighted by atomic mass is 9.88. The van der Waals surface area contributed by atoms with E-state index in [1.54, 1.807) is 24.3 Å². The molecular weight excluding hydrogens is 558 g/mol. The Morgan fingerprint density at radius 3 is 2.20 bits per heavy atom. The van der Waals surface area contributed by atoms with Crippen molar-refractivity contribution in [3.63, 3.8) is 0 Å². The molecule has 1 aliphatic heterocycles. The van der Waals surface area contributed by atoms with Crippen LogP contribution in [0.5, 0.6) is 0 Å². The predicted molar refractivity (Wildman–Crippen MR) is 163 cm³/mol. The van der Waals surface area contributed by atoms with Crippen molar-refractivity contribution in [2.75, 3.05) is 32.2 Å². The van der Waals surface area contributed by atoms with E-state index >= 15 is 0 Å². The fourth-order valence-electron chi connectivity index (χ4n) is 5.19. The van der Waals surface area contributed by atoms with Crippen LogP contribution in [0.15, 0.2) is 84.9 Å². The monoisotopic (exact) mass is 589 g/mol. The van der Waals surface area contributed by atoms with E-state index in [0.29, 0.717) is 40.5 Å². The van der Waals surface area contributed by atoms with Gasteiger partial charge in [0.2, 0.25) is 0 Å². The summed E-state index contributed by atoms with van der Waals surface area (Å²) in [5.41, 5.74) is 4.18. The van der Waals surface area contributed by atoms with Crippen LogP contribution in [0.1, 0.15) is 46.7 Å². The summed E-state index contributed by atoms with van der Waals surface area (Å²) in [7, 11) is 1.34. The molecule has 1 saturated heterocycles. The Morgan fingerprint density at radius 2 is 1.61 bits per heavy atom. The van der Waals surface area contributed by atoms with Crippen LogP contribution in [-0.2, 0) is 9.47 Å². The summed E-state index contributed by atoms with van der Waals surface area (Å²) in [5.74, 6) is -0.259. The lowest BCUT2D eigenvalue weighted by molar-refractivity contribution is 0.0475. The number of urea groups is 1. The molecule has 3 aromatic carbocycles. The number of aromatic nitrogens is 1. The summed E-state index contributed by atoms with van der Waals surface area (Å²) in [6.45, 7) is 1.83. The topological polar surface area (TPSA) is 80.8 Å². The van der Waals surface area contributed by atoms with Crippen molar-refractivity contribution in [1.29, 1.82) is 0 Å². The number of hydrogen-bond donors (Lipinski definition) is 1. The third kappa shape index (κ3) is 7.14. The smallest absolute Gasteiger partial charge is 0.337 e. The predicted octanol–water partition coefficient (Wildman–Crippen LogP) is 7.49. The fourth-order valence-corrected chi connectivity index (χ4v) is 6.27. The Bertz CT molecular complexity index is 1400. The standard InChI is InChI=1S/C32H32ClN3O4S/c1-39-30(37)25-14-12-24(13-15-25)28-29(33)41-31(34-28)35-32(38)36(26-17-20-40-21-18-26)19-16-27(22-8-4-2-5-9-22)23-10-6-3-7-11-23/h2-15,26-27H,16-21H2,1H3,(H,34,35,38). The molecule has 0 bridgehead atoms. The zero-order valence-electron chi connectivity index (χ0n) is 22.8. The molecule has 1 N–H and O–H groups in total. The second-order valence-corrected chi connectivity index (χ2v) is 11.4. The minimum absolute atomic E-state index is 0.0664. The normalized spacial score (nSPS) is 13.6. The van der Waals surface area contributed by atoms with Crippen LogP contribution in [0.4, 0.5) is 9.93 Å². The number of ether oxygens (including phenoxy) is 2. The van der Waals surface area contributed by atoms with Gasteiger partial charge in [0.05, 0.1) is 12.7 Å². The number of hydrogen-bond acceptors (Lipinski definition) is 6. The number of methoxy groups -OCH3 is 1. The van der Waals surface area contributed by atoms with Gasteiger partial charge < -0.3 is 14.4 Å². The maximum absolute atomic E-state index is 13.8.